The lowest BCUT2D eigenvalue weighted by Gasteiger charge is -2.57. The zero-order valence-electron chi connectivity index (χ0n) is 24.0. The third-order valence-electron chi connectivity index (χ3n) is 11.1. The lowest BCUT2D eigenvalue weighted by atomic mass is 9.53. The van der Waals surface area contributed by atoms with Crippen LogP contribution in [-0.4, -0.2) is 64.9 Å². The van der Waals surface area contributed by atoms with E-state index in [1.165, 1.54) is 19.3 Å². The molecule has 1 aromatic carbocycles. The highest BCUT2D eigenvalue weighted by atomic mass is 35.5. The second-order valence-corrected chi connectivity index (χ2v) is 13.9. The highest BCUT2D eigenvalue weighted by molar-refractivity contribution is 6.33. The van der Waals surface area contributed by atoms with Crippen molar-refractivity contribution in [3.05, 3.63) is 51.4 Å². The van der Waals surface area contributed by atoms with E-state index < -0.39 is 0 Å². The molecule has 0 N–H and O–H groups in total. The van der Waals surface area contributed by atoms with E-state index in [4.69, 9.17) is 26.3 Å². The zero-order chi connectivity index (χ0) is 27.7. The summed E-state index contributed by atoms with van der Waals surface area (Å²) in [5.74, 6) is 2.91. The molecule has 6 fully saturated rings. The number of piperidine rings is 1. The standard InChI is InChI=1S/C33H40ClN5O2/c1-21-27-20-35-32(38-8-6-25(7-9-38)37-10-12-41-13-11-37)36-30(27)39(31(40)29(21)26-4-2-3-5-28(26)34)33-17-22-14-23(18-33)16-24(15-22)19-33/h2-5,20,22-25H,6-19H2,1H3. The molecule has 0 amide bonds. The molecule has 4 bridgehead atoms. The van der Waals surface area contributed by atoms with Crippen LogP contribution in [0.15, 0.2) is 35.3 Å². The maximum absolute atomic E-state index is 14.8. The Morgan fingerprint density at radius 3 is 2.27 bits per heavy atom. The van der Waals surface area contributed by atoms with Gasteiger partial charge in [0.15, 0.2) is 0 Å². The quantitative estimate of drug-likeness (QED) is 0.402. The first kappa shape index (κ1) is 26.2. The Morgan fingerprint density at radius 2 is 1.61 bits per heavy atom. The number of pyridine rings is 1. The zero-order valence-corrected chi connectivity index (χ0v) is 24.8. The molecule has 4 saturated carbocycles. The molecule has 3 aromatic rings. The number of benzene rings is 1. The molecule has 7 nitrogen and oxygen atoms in total. The summed E-state index contributed by atoms with van der Waals surface area (Å²) in [4.78, 5) is 29.9. The molecular formula is C33H40ClN5O2. The van der Waals surface area contributed by atoms with Crippen LogP contribution in [0.2, 0.25) is 5.02 Å². The van der Waals surface area contributed by atoms with Gasteiger partial charge in [0, 0.05) is 54.4 Å². The fourth-order valence-corrected chi connectivity index (χ4v) is 9.82. The average molecular weight is 574 g/mol. The molecular weight excluding hydrogens is 534 g/mol. The van der Waals surface area contributed by atoms with Gasteiger partial charge in [-0.1, -0.05) is 29.8 Å². The fraction of sp³-hybridized carbons (Fsp3) is 0.606. The topological polar surface area (TPSA) is 63.5 Å². The van der Waals surface area contributed by atoms with E-state index in [0.29, 0.717) is 34.4 Å². The van der Waals surface area contributed by atoms with Gasteiger partial charge in [-0.2, -0.15) is 4.98 Å². The molecule has 0 unspecified atom stereocenters. The first-order valence-corrected chi connectivity index (χ1v) is 16.1. The van der Waals surface area contributed by atoms with Crippen molar-refractivity contribution in [2.24, 2.45) is 17.8 Å². The van der Waals surface area contributed by atoms with Gasteiger partial charge in [0.1, 0.15) is 5.65 Å². The Bertz CT molecular complexity index is 1500. The number of aryl methyl sites for hydroxylation is 1. The molecule has 216 valence electrons. The molecule has 2 aromatic heterocycles. The van der Waals surface area contributed by atoms with Crippen molar-refractivity contribution in [2.45, 2.75) is 69.9 Å². The molecule has 41 heavy (non-hydrogen) atoms. The molecule has 4 aliphatic carbocycles. The van der Waals surface area contributed by atoms with Crippen molar-refractivity contribution in [2.75, 3.05) is 44.3 Å². The normalized spacial score (nSPS) is 30.4. The summed E-state index contributed by atoms with van der Waals surface area (Å²) < 4.78 is 7.73. The van der Waals surface area contributed by atoms with Gasteiger partial charge in [0.2, 0.25) is 5.95 Å². The Balaban J connectivity index is 1.24. The summed E-state index contributed by atoms with van der Waals surface area (Å²) in [6, 6.07) is 8.36. The summed E-state index contributed by atoms with van der Waals surface area (Å²) in [6.45, 7) is 7.65. The number of hydrogen-bond donors (Lipinski definition) is 0. The summed E-state index contributed by atoms with van der Waals surface area (Å²) in [5.41, 5.74) is 3.18. The van der Waals surface area contributed by atoms with Crippen molar-refractivity contribution in [1.29, 1.82) is 0 Å². The highest BCUT2D eigenvalue weighted by Gasteiger charge is 2.53. The second kappa shape index (κ2) is 10.1. The maximum Gasteiger partial charge on any atom is 0.260 e. The van der Waals surface area contributed by atoms with Gasteiger partial charge in [-0.25, -0.2) is 4.98 Å². The maximum atomic E-state index is 14.8. The molecule has 9 rings (SSSR count). The van der Waals surface area contributed by atoms with Gasteiger partial charge in [-0.05, 0) is 87.7 Å². The van der Waals surface area contributed by atoms with Crippen LogP contribution in [0.5, 0.6) is 0 Å². The Labute approximate surface area is 246 Å². The predicted octanol–water partition coefficient (Wildman–Crippen LogP) is 5.65. The predicted molar refractivity (Wildman–Crippen MR) is 163 cm³/mol. The van der Waals surface area contributed by atoms with Crippen LogP contribution in [0.4, 0.5) is 5.95 Å². The first-order chi connectivity index (χ1) is 20.0. The number of anilines is 1. The van der Waals surface area contributed by atoms with Crippen molar-refractivity contribution < 1.29 is 4.74 Å². The van der Waals surface area contributed by atoms with Crippen LogP contribution in [0.25, 0.3) is 22.2 Å². The number of rotatable bonds is 4. The lowest BCUT2D eigenvalue weighted by molar-refractivity contribution is -0.0426. The third kappa shape index (κ3) is 4.33. The molecule has 0 radical (unpaired) electrons. The minimum atomic E-state index is -0.164. The summed E-state index contributed by atoms with van der Waals surface area (Å²) in [5, 5.41) is 1.59. The Hall–Kier alpha value is -2.48. The summed E-state index contributed by atoms with van der Waals surface area (Å²) in [6.07, 6.45) is 11.4. The number of ether oxygens (including phenoxy) is 1. The summed E-state index contributed by atoms with van der Waals surface area (Å²) in [7, 11) is 0. The van der Waals surface area contributed by atoms with Gasteiger partial charge in [-0.15, -0.1) is 0 Å². The van der Waals surface area contributed by atoms with E-state index in [1.807, 2.05) is 37.4 Å². The first-order valence-electron chi connectivity index (χ1n) is 15.7. The van der Waals surface area contributed by atoms with Gasteiger partial charge < -0.3 is 9.64 Å². The molecule has 2 aliphatic heterocycles. The largest absolute Gasteiger partial charge is 0.379 e. The Kier molecular flexibility index (Phi) is 6.42. The fourth-order valence-electron chi connectivity index (χ4n) is 9.59. The smallest absolute Gasteiger partial charge is 0.260 e. The van der Waals surface area contributed by atoms with Gasteiger partial charge in [0.25, 0.3) is 5.56 Å². The van der Waals surface area contributed by atoms with Crippen LogP contribution >= 0.6 is 11.6 Å². The molecule has 6 aliphatic rings. The van der Waals surface area contributed by atoms with E-state index in [0.717, 1.165) is 99.6 Å². The van der Waals surface area contributed by atoms with Crippen molar-refractivity contribution >= 4 is 28.6 Å². The summed E-state index contributed by atoms with van der Waals surface area (Å²) >= 11 is 6.72. The van der Waals surface area contributed by atoms with Crippen molar-refractivity contribution in [1.82, 2.24) is 19.4 Å². The van der Waals surface area contributed by atoms with Crippen LogP contribution in [0, 0.1) is 24.7 Å². The van der Waals surface area contributed by atoms with Crippen molar-refractivity contribution in [3.63, 3.8) is 0 Å². The molecule has 0 spiro atoms. The van der Waals surface area contributed by atoms with Crippen LogP contribution in [-0.2, 0) is 10.3 Å². The van der Waals surface area contributed by atoms with Gasteiger partial charge in [-0.3, -0.25) is 14.3 Å². The van der Waals surface area contributed by atoms with Crippen molar-refractivity contribution in [3.8, 4) is 11.1 Å². The Morgan fingerprint density at radius 1 is 0.951 bits per heavy atom. The molecule has 0 atom stereocenters. The second-order valence-electron chi connectivity index (χ2n) is 13.5. The number of fused-ring (bicyclic) bond motifs is 1. The number of halogens is 1. The monoisotopic (exact) mass is 573 g/mol. The molecule has 8 heteroatoms. The van der Waals surface area contributed by atoms with E-state index >= 15 is 0 Å². The number of aromatic nitrogens is 3. The minimum Gasteiger partial charge on any atom is -0.379 e. The number of morpholine rings is 1. The van der Waals surface area contributed by atoms with Gasteiger partial charge >= 0.3 is 0 Å². The van der Waals surface area contributed by atoms with E-state index in [9.17, 15) is 4.79 Å². The van der Waals surface area contributed by atoms with Crippen LogP contribution in [0.3, 0.4) is 0 Å². The number of nitrogens with zero attached hydrogens (tertiary/aromatic N) is 5. The SMILES string of the molecule is Cc1c(-c2ccccc2Cl)c(=O)n(C23CC4CC(CC(C4)C2)C3)c2nc(N3CCC(N4CCOCC4)CC3)ncc12. The van der Waals surface area contributed by atoms with E-state index in [1.54, 1.807) is 0 Å². The minimum absolute atomic E-state index is 0.0701. The van der Waals surface area contributed by atoms with Crippen LogP contribution < -0.4 is 10.5 Å². The number of hydrogen-bond acceptors (Lipinski definition) is 6. The lowest BCUT2D eigenvalue weighted by Crippen LogP contribution is -2.55. The average Bonchev–Trinajstić information content (AvgIpc) is 2.98. The highest BCUT2D eigenvalue weighted by Crippen LogP contribution is 2.59. The third-order valence-corrected chi connectivity index (χ3v) is 11.4. The van der Waals surface area contributed by atoms with Gasteiger partial charge in [0.05, 0.1) is 24.3 Å². The van der Waals surface area contributed by atoms with E-state index in [-0.39, 0.29) is 11.1 Å². The van der Waals surface area contributed by atoms with E-state index in [2.05, 4.69) is 14.4 Å². The molecule has 4 heterocycles. The van der Waals surface area contributed by atoms with Crippen LogP contribution in [0.1, 0.15) is 56.9 Å². The molecule has 2 saturated heterocycles.